The van der Waals surface area contributed by atoms with Gasteiger partial charge >= 0.3 is 6.03 Å². The van der Waals surface area contributed by atoms with Crippen molar-refractivity contribution in [2.24, 2.45) is 0 Å². The van der Waals surface area contributed by atoms with Gasteiger partial charge in [0.25, 0.3) is 0 Å². The molecule has 0 saturated carbocycles. The molecular formula is C15H17N3O2. The number of urea groups is 1. The van der Waals surface area contributed by atoms with Gasteiger partial charge in [-0.1, -0.05) is 29.4 Å². The lowest BCUT2D eigenvalue weighted by molar-refractivity contribution is 0.210. The predicted octanol–water partition coefficient (Wildman–Crippen LogP) is 2.70. The molecule has 0 radical (unpaired) electrons. The number of fused-ring (bicyclic) bond motifs is 1. The first-order chi connectivity index (χ1) is 9.83. The highest BCUT2D eigenvalue weighted by Crippen LogP contribution is 2.16. The Morgan fingerprint density at radius 3 is 2.70 bits per heavy atom. The van der Waals surface area contributed by atoms with E-state index in [9.17, 15) is 4.79 Å². The standard InChI is InChI=1S/C15H17N3O2/c19-15(16-14-8-11-20-17-14)18-9-3-6-12-4-1-2-5-13(12)7-10-18/h1-2,4-5,8,11H,3,6-7,9-10H2,(H,16,17,19). The van der Waals surface area contributed by atoms with Gasteiger partial charge < -0.3 is 9.42 Å². The molecule has 0 saturated heterocycles. The molecule has 5 nitrogen and oxygen atoms in total. The minimum atomic E-state index is -0.113. The van der Waals surface area contributed by atoms with Crippen LogP contribution in [0.5, 0.6) is 0 Å². The molecule has 1 aromatic heterocycles. The largest absolute Gasteiger partial charge is 0.363 e. The maximum absolute atomic E-state index is 12.2. The summed E-state index contributed by atoms with van der Waals surface area (Å²) in [6, 6.07) is 9.99. The van der Waals surface area contributed by atoms with Crippen LogP contribution in [-0.2, 0) is 12.8 Å². The molecule has 5 heteroatoms. The van der Waals surface area contributed by atoms with Gasteiger partial charge in [-0.3, -0.25) is 5.32 Å². The molecule has 0 unspecified atom stereocenters. The number of aryl methyl sites for hydroxylation is 1. The summed E-state index contributed by atoms with van der Waals surface area (Å²) in [4.78, 5) is 14.0. The number of anilines is 1. The topological polar surface area (TPSA) is 58.4 Å². The van der Waals surface area contributed by atoms with Crippen molar-refractivity contribution < 1.29 is 9.32 Å². The van der Waals surface area contributed by atoms with Gasteiger partial charge in [-0.05, 0) is 30.4 Å². The van der Waals surface area contributed by atoms with Crippen LogP contribution in [-0.4, -0.2) is 29.2 Å². The lowest BCUT2D eigenvalue weighted by atomic mass is 9.98. The van der Waals surface area contributed by atoms with Gasteiger partial charge in [0.1, 0.15) is 6.26 Å². The van der Waals surface area contributed by atoms with Crippen LogP contribution in [0.25, 0.3) is 0 Å². The van der Waals surface area contributed by atoms with Crippen molar-refractivity contribution in [3.05, 3.63) is 47.7 Å². The molecule has 0 fully saturated rings. The third-order valence-electron chi connectivity index (χ3n) is 3.60. The molecule has 20 heavy (non-hydrogen) atoms. The predicted molar refractivity (Wildman–Crippen MR) is 75.6 cm³/mol. The van der Waals surface area contributed by atoms with E-state index in [0.29, 0.717) is 5.82 Å². The quantitative estimate of drug-likeness (QED) is 0.867. The lowest BCUT2D eigenvalue weighted by Crippen LogP contribution is -2.38. The molecule has 0 atom stereocenters. The summed E-state index contributed by atoms with van der Waals surface area (Å²) in [5, 5.41) is 6.44. The van der Waals surface area contributed by atoms with Crippen LogP contribution in [0.15, 0.2) is 41.1 Å². The van der Waals surface area contributed by atoms with E-state index >= 15 is 0 Å². The maximum Gasteiger partial charge on any atom is 0.323 e. The molecule has 3 rings (SSSR count). The zero-order valence-electron chi connectivity index (χ0n) is 11.2. The van der Waals surface area contributed by atoms with E-state index in [1.807, 2.05) is 4.90 Å². The van der Waals surface area contributed by atoms with Gasteiger partial charge in [-0.2, -0.15) is 0 Å². The highest BCUT2D eigenvalue weighted by Gasteiger charge is 2.17. The molecule has 2 aromatic rings. The summed E-state index contributed by atoms with van der Waals surface area (Å²) < 4.78 is 4.71. The van der Waals surface area contributed by atoms with Gasteiger partial charge in [0.05, 0.1) is 0 Å². The number of nitrogens with one attached hydrogen (secondary N) is 1. The Morgan fingerprint density at radius 1 is 1.15 bits per heavy atom. The Balaban J connectivity index is 1.66. The van der Waals surface area contributed by atoms with Crippen molar-refractivity contribution in [2.45, 2.75) is 19.3 Å². The second-order valence-corrected chi connectivity index (χ2v) is 4.92. The number of aromatic nitrogens is 1. The SMILES string of the molecule is O=C(Nc1ccon1)N1CCCc2ccccc2CC1. The minimum absolute atomic E-state index is 0.113. The van der Waals surface area contributed by atoms with E-state index in [1.165, 1.54) is 17.4 Å². The normalized spacial score (nSPS) is 15.1. The number of hydrogen-bond donors (Lipinski definition) is 1. The summed E-state index contributed by atoms with van der Waals surface area (Å²) in [6.45, 7) is 1.48. The molecule has 2 amide bonds. The second-order valence-electron chi connectivity index (χ2n) is 4.92. The van der Waals surface area contributed by atoms with Gasteiger partial charge in [0.15, 0.2) is 5.82 Å². The summed E-state index contributed by atoms with van der Waals surface area (Å²) >= 11 is 0. The summed E-state index contributed by atoms with van der Waals surface area (Å²) in [5.41, 5.74) is 2.75. The first-order valence-corrected chi connectivity index (χ1v) is 6.86. The molecular weight excluding hydrogens is 254 g/mol. The van der Waals surface area contributed by atoms with Crippen LogP contribution >= 0.6 is 0 Å². The van der Waals surface area contributed by atoms with Gasteiger partial charge in [0.2, 0.25) is 0 Å². The fraction of sp³-hybridized carbons (Fsp3) is 0.333. The van der Waals surface area contributed by atoms with Crippen molar-refractivity contribution in [2.75, 3.05) is 18.4 Å². The number of carbonyl (C=O) groups excluding carboxylic acids is 1. The van der Waals surface area contributed by atoms with Crippen LogP contribution < -0.4 is 5.32 Å². The van der Waals surface area contributed by atoms with Crippen molar-refractivity contribution in [1.82, 2.24) is 10.1 Å². The smallest absolute Gasteiger partial charge is 0.323 e. The number of hydrogen-bond acceptors (Lipinski definition) is 3. The van der Waals surface area contributed by atoms with E-state index in [0.717, 1.165) is 32.4 Å². The van der Waals surface area contributed by atoms with Crippen molar-refractivity contribution in [3.8, 4) is 0 Å². The highest BCUT2D eigenvalue weighted by molar-refractivity contribution is 5.88. The number of nitrogens with zero attached hydrogens (tertiary/aromatic N) is 2. The van der Waals surface area contributed by atoms with Gasteiger partial charge in [-0.25, -0.2) is 4.79 Å². The molecule has 0 bridgehead atoms. The molecule has 1 aromatic carbocycles. The Labute approximate surface area is 117 Å². The lowest BCUT2D eigenvalue weighted by Gasteiger charge is -2.25. The molecule has 2 heterocycles. The minimum Gasteiger partial charge on any atom is -0.363 e. The van der Waals surface area contributed by atoms with Crippen LogP contribution in [0.3, 0.4) is 0 Å². The maximum atomic E-state index is 12.2. The van der Waals surface area contributed by atoms with Crippen molar-refractivity contribution in [3.63, 3.8) is 0 Å². The average molecular weight is 271 g/mol. The van der Waals surface area contributed by atoms with Crippen LogP contribution in [0.2, 0.25) is 0 Å². The van der Waals surface area contributed by atoms with Gasteiger partial charge in [-0.15, -0.1) is 0 Å². The zero-order valence-corrected chi connectivity index (χ0v) is 11.2. The number of carbonyl (C=O) groups is 1. The van der Waals surface area contributed by atoms with Crippen molar-refractivity contribution >= 4 is 11.8 Å². The first kappa shape index (κ1) is 12.7. The van der Waals surface area contributed by atoms with Crippen LogP contribution in [0.4, 0.5) is 10.6 Å². The third-order valence-corrected chi connectivity index (χ3v) is 3.60. The van der Waals surface area contributed by atoms with E-state index in [2.05, 4.69) is 34.7 Å². The number of benzene rings is 1. The van der Waals surface area contributed by atoms with Gasteiger partial charge in [0, 0.05) is 19.2 Å². The summed E-state index contributed by atoms with van der Waals surface area (Å²) in [7, 11) is 0. The van der Waals surface area contributed by atoms with E-state index in [1.54, 1.807) is 6.07 Å². The number of amides is 2. The molecule has 1 aliphatic heterocycles. The monoisotopic (exact) mass is 271 g/mol. The van der Waals surface area contributed by atoms with Crippen LogP contribution in [0.1, 0.15) is 17.5 Å². The summed E-state index contributed by atoms with van der Waals surface area (Å²) in [5.74, 6) is 0.456. The molecule has 1 aliphatic rings. The van der Waals surface area contributed by atoms with E-state index in [-0.39, 0.29) is 6.03 Å². The Bertz CT molecular complexity index is 581. The van der Waals surface area contributed by atoms with E-state index < -0.39 is 0 Å². The molecule has 0 spiro atoms. The zero-order chi connectivity index (χ0) is 13.8. The molecule has 1 N–H and O–H groups in total. The molecule has 0 aliphatic carbocycles. The Hall–Kier alpha value is -2.30. The van der Waals surface area contributed by atoms with Crippen LogP contribution in [0, 0.1) is 0 Å². The fourth-order valence-corrected chi connectivity index (χ4v) is 2.54. The van der Waals surface area contributed by atoms with Crippen molar-refractivity contribution in [1.29, 1.82) is 0 Å². The summed E-state index contributed by atoms with van der Waals surface area (Å²) in [6.07, 6.45) is 4.33. The Kier molecular flexibility index (Phi) is 3.67. The highest BCUT2D eigenvalue weighted by atomic mass is 16.5. The average Bonchev–Trinajstić information content (AvgIpc) is 2.92. The Morgan fingerprint density at radius 2 is 1.95 bits per heavy atom. The second kappa shape index (κ2) is 5.77. The fourth-order valence-electron chi connectivity index (χ4n) is 2.54. The third kappa shape index (κ3) is 2.82. The van der Waals surface area contributed by atoms with E-state index in [4.69, 9.17) is 4.52 Å². The first-order valence-electron chi connectivity index (χ1n) is 6.86. The number of rotatable bonds is 1. The molecule has 104 valence electrons.